The van der Waals surface area contributed by atoms with E-state index in [2.05, 4.69) is 16.9 Å². The van der Waals surface area contributed by atoms with Gasteiger partial charge < -0.3 is 10.1 Å². The first-order valence-electron chi connectivity index (χ1n) is 13.8. The van der Waals surface area contributed by atoms with E-state index in [1.807, 2.05) is 0 Å². The second-order valence-corrected chi connectivity index (χ2v) is 11.1. The number of carboxylic acids is 1. The van der Waals surface area contributed by atoms with E-state index in [0.717, 1.165) is 31.7 Å². The zero-order valence-corrected chi connectivity index (χ0v) is 23.0. The molecule has 2 N–H and O–H groups in total. The predicted octanol–water partition coefficient (Wildman–Crippen LogP) is 9.10. The number of nitrogens with zero attached hydrogens (tertiary/aromatic N) is 1. The number of Topliss-reactive ketones (excluding diaryl/α,β-unsaturated/α-hetero) is 1. The van der Waals surface area contributed by atoms with Crippen LogP contribution in [0.1, 0.15) is 79.0 Å². The predicted molar refractivity (Wildman–Crippen MR) is 153 cm³/mol. The topological polar surface area (TPSA) is 83.0 Å². The van der Waals surface area contributed by atoms with Crippen LogP contribution in [0, 0.1) is 23.5 Å². The maximum absolute atomic E-state index is 14.4. The summed E-state index contributed by atoms with van der Waals surface area (Å²) in [5.41, 5.74) is 1.50. The summed E-state index contributed by atoms with van der Waals surface area (Å²) >= 11 is 6.60. The van der Waals surface area contributed by atoms with E-state index in [9.17, 15) is 23.5 Å². The third kappa shape index (κ3) is 5.52. The summed E-state index contributed by atoms with van der Waals surface area (Å²) in [7, 11) is 0. The van der Waals surface area contributed by atoms with E-state index in [4.69, 9.17) is 11.6 Å². The maximum Gasteiger partial charge on any atom is 0.336 e. The molecule has 0 bridgehead atoms. The van der Waals surface area contributed by atoms with Crippen LogP contribution in [-0.4, -0.2) is 26.8 Å². The molecule has 1 fully saturated rings. The number of H-pyrrole nitrogens is 1. The molecule has 0 radical (unpaired) electrons. The molecular weight excluding hydrogens is 534 g/mol. The number of benzene rings is 3. The number of aromatic amines is 1. The van der Waals surface area contributed by atoms with Crippen molar-refractivity contribution in [3.8, 4) is 22.5 Å². The Kier molecular flexibility index (Phi) is 8.31. The average molecular weight is 565 g/mol. The van der Waals surface area contributed by atoms with Gasteiger partial charge in [-0.3, -0.25) is 4.79 Å². The molecule has 4 aromatic rings. The standard InChI is InChI=1S/C32H31ClF2N2O3/c1-2-7-19(18-8-4-3-5-9-18)17-27(38)20-12-13-21(23(16-20)32(39)40)28-22(10-6-11-24(28)33)31-36-26-15-14-25(34)29(35)30(26)37-31/h6,10-16,18-19H,2-5,7-9,17H2,1H3,(H,36,37)(H,39,40)/t19-/m0/s1. The molecule has 1 aromatic heterocycles. The van der Waals surface area contributed by atoms with E-state index in [0.29, 0.717) is 46.0 Å². The summed E-state index contributed by atoms with van der Waals surface area (Å²) in [6.07, 6.45) is 8.31. The average Bonchev–Trinajstić information content (AvgIpc) is 3.40. The number of carbonyl (C=O) groups excluding carboxylic acids is 1. The van der Waals surface area contributed by atoms with Gasteiger partial charge in [0.2, 0.25) is 0 Å². The SMILES string of the molecule is CCC[C@@H](CC(=O)c1ccc(-c2c(Cl)cccc2-c2nc3c(F)c(F)ccc3[nH]2)c(C(=O)O)c1)C1CCCCC1. The molecule has 208 valence electrons. The fourth-order valence-electron chi connectivity index (χ4n) is 6.09. The summed E-state index contributed by atoms with van der Waals surface area (Å²) in [6, 6.07) is 12.0. The van der Waals surface area contributed by atoms with Crippen molar-refractivity contribution in [3.63, 3.8) is 0 Å². The highest BCUT2D eigenvalue weighted by Crippen LogP contribution is 2.40. The number of ketones is 1. The van der Waals surface area contributed by atoms with Crippen molar-refractivity contribution in [3.05, 3.63) is 76.3 Å². The number of aromatic nitrogens is 2. The number of imidazole rings is 1. The van der Waals surface area contributed by atoms with Gasteiger partial charge in [0.05, 0.1) is 11.1 Å². The first kappa shape index (κ1) is 28.0. The number of hydrogen-bond acceptors (Lipinski definition) is 3. The first-order chi connectivity index (χ1) is 19.3. The highest BCUT2D eigenvalue weighted by molar-refractivity contribution is 6.34. The number of carbonyl (C=O) groups is 2. The summed E-state index contributed by atoms with van der Waals surface area (Å²) < 4.78 is 28.2. The van der Waals surface area contributed by atoms with Crippen LogP contribution in [0.15, 0.2) is 48.5 Å². The third-order valence-corrected chi connectivity index (χ3v) is 8.39. The minimum absolute atomic E-state index is 0.0627. The number of aromatic carboxylic acids is 1. The molecule has 3 aromatic carbocycles. The molecule has 0 aliphatic heterocycles. The van der Waals surface area contributed by atoms with E-state index in [1.165, 1.54) is 31.4 Å². The lowest BCUT2D eigenvalue weighted by molar-refractivity contribution is 0.0697. The Hall–Kier alpha value is -3.58. The fraction of sp³-hybridized carbons (Fsp3) is 0.344. The van der Waals surface area contributed by atoms with Gasteiger partial charge in [0.15, 0.2) is 17.4 Å². The molecule has 0 saturated heterocycles. The van der Waals surface area contributed by atoms with Crippen molar-refractivity contribution in [2.24, 2.45) is 11.8 Å². The number of rotatable bonds is 9. The zero-order valence-electron chi connectivity index (χ0n) is 22.3. The molecule has 1 atom stereocenters. The largest absolute Gasteiger partial charge is 0.478 e. The van der Waals surface area contributed by atoms with Crippen molar-refractivity contribution in [2.45, 2.75) is 58.3 Å². The van der Waals surface area contributed by atoms with Gasteiger partial charge in [-0.2, -0.15) is 0 Å². The highest BCUT2D eigenvalue weighted by Gasteiger charge is 2.27. The van der Waals surface area contributed by atoms with Crippen molar-refractivity contribution >= 4 is 34.4 Å². The molecule has 1 aliphatic carbocycles. The Morgan fingerprint density at radius 3 is 2.58 bits per heavy atom. The van der Waals surface area contributed by atoms with E-state index >= 15 is 0 Å². The molecule has 40 heavy (non-hydrogen) atoms. The molecule has 5 nitrogen and oxygen atoms in total. The molecule has 8 heteroatoms. The molecule has 0 amide bonds. The molecule has 0 unspecified atom stereocenters. The Labute approximate surface area is 236 Å². The van der Waals surface area contributed by atoms with Crippen LogP contribution in [0.5, 0.6) is 0 Å². The van der Waals surface area contributed by atoms with Crippen LogP contribution < -0.4 is 0 Å². The summed E-state index contributed by atoms with van der Waals surface area (Å²) in [5.74, 6) is -2.33. The van der Waals surface area contributed by atoms with Crippen molar-refractivity contribution in [2.75, 3.05) is 0 Å². The van der Waals surface area contributed by atoms with E-state index in [-0.39, 0.29) is 27.7 Å². The smallest absolute Gasteiger partial charge is 0.336 e. The summed E-state index contributed by atoms with van der Waals surface area (Å²) in [6.45, 7) is 2.13. The number of halogens is 3. The number of nitrogens with one attached hydrogen (secondary N) is 1. The lowest BCUT2D eigenvalue weighted by atomic mass is 9.75. The highest BCUT2D eigenvalue weighted by atomic mass is 35.5. The van der Waals surface area contributed by atoms with Crippen LogP contribution in [0.4, 0.5) is 8.78 Å². The molecule has 0 spiro atoms. The Morgan fingerprint density at radius 2 is 1.85 bits per heavy atom. The quantitative estimate of drug-likeness (QED) is 0.199. The van der Waals surface area contributed by atoms with E-state index in [1.54, 1.807) is 30.3 Å². The minimum Gasteiger partial charge on any atom is -0.478 e. The fourth-order valence-corrected chi connectivity index (χ4v) is 6.37. The molecule has 1 saturated carbocycles. The first-order valence-corrected chi connectivity index (χ1v) is 14.2. The van der Waals surface area contributed by atoms with Gasteiger partial charge in [-0.15, -0.1) is 0 Å². The van der Waals surface area contributed by atoms with Gasteiger partial charge in [-0.1, -0.05) is 87.7 Å². The summed E-state index contributed by atoms with van der Waals surface area (Å²) in [4.78, 5) is 33.1. The zero-order chi connectivity index (χ0) is 28.4. The maximum atomic E-state index is 14.4. The van der Waals surface area contributed by atoms with Gasteiger partial charge in [-0.05, 0) is 41.7 Å². The van der Waals surface area contributed by atoms with Crippen LogP contribution in [0.2, 0.25) is 5.02 Å². The van der Waals surface area contributed by atoms with Gasteiger partial charge >= 0.3 is 5.97 Å². The second-order valence-electron chi connectivity index (χ2n) is 10.6. The minimum atomic E-state index is -1.20. The third-order valence-electron chi connectivity index (χ3n) is 8.08. The monoisotopic (exact) mass is 564 g/mol. The molecule has 5 rings (SSSR count). The van der Waals surface area contributed by atoms with Crippen LogP contribution >= 0.6 is 11.6 Å². The number of fused-ring (bicyclic) bond motifs is 1. The number of carboxylic acid groups (broad SMARTS) is 1. The van der Waals surface area contributed by atoms with Gasteiger partial charge in [0.1, 0.15) is 11.3 Å². The van der Waals surface area contributed by atoms with Crippen LogP contribution in [0.3, 0.4) is 0 Å². The van der Waals surface area contributed by atoms with Crippen LogP contribution in [0.25, 0.3) is 33.5 Å². The summed E-state index contributed by atoms with van der Waals surface area (Å²) in [5, 5.41) is 10.4. The Morgan fingerprint density at radius 1 is 1.07 bits per heavy atom. The van der Waals surface area contributed by atoms with Gasteiger partial charge in [0.25, 0.3) is 0 Å². The molecule has 1 aliphatic rings. The van der Waals surface area contributed by atoms with E-state index < -0.39 is 17.6 Å². The van der Waals surface area contributed by atoms with Crippen molar-refractivity contribution in [1.82, 2.24) is 9.97 Å². The molecule has 1 heterocycles. The van der Waals surface area contributed by atoms with Crippen molar-refractivity contribution in [1.29, 1.82) is 0 Å². The Balaban J connectivity index is 1.53. The lowest BCUT2D eigenvalue weighted by Crippen LogP contribution is -2.21. The van der Waals surface area contributed by atoms with Crippen molar-refractivity contribution < 1.29 is 23.5 Å². The lowest BCUT2D eigenvalue weighted by Gasteiger charge is -2.30. The van der Waals surface area contributed by atoms with Gasteiger partial charge in [-0.25, -0.2) is 18.6 Å². The Bertz CT molecular complexity index is 1580. The normalized spacial score (nSPS) is 14.9. The number of hydrogen-bond donors (Lipinski definition) is 2. The van der Waals surface area contributed by atoms with Gasteiger partial charge in [0, 0.05) is 28.1 Å². The second kappa shape index (κ2) is 11.9. The molecular formula is C32H31ClF2N2O3. The van der Waals surface area contributed by atoms with Crippen LogP contribution in [-0.2, 0) is 0 Å².